The summed E-state index contributed by atoms with van der Waals surface area (Å²) in [5.74, 6) is -0.726. The van der Waals surface area contributed by atoms with Gasteiger partial charge in [-0.3, -0.25) is 19.7 Å². The Bertz CT molecular complexity index is 535. The van der Waals surface area contributed by atoms with E-state index in [0.29, 0.717) is 19.1 Å². The number of aldehydes is 1. The molecule has 0 atom stereocenters. The fourth-order valence-electron chi connectivity index (χ4n) is 1.51. The number of hydrogen-bond donors (Lipinski definition) is 1. The summed E-state index contributed by atoms with van der Waals surface area (Å²) < 4.78 is 5.29. The zero-order valence-electron chi connectivity index (χ0n) is 10.8. The number of carboxylic acid groups (broad SMARTS) is 1. The first-order valence-electron chi connectivity index (χ1n) is 5.74. The van der Waals surface area contributed by atoms with Crippen LogP contribution in [0.1, 0.15) is 29.6 Å². The SMILES string of the molecule is Cl.O=Cc1c([N+](=O)[O-])ccc(OCCCCC(=O)O)c1Cl. The molecule has 0 aliphatic heterocycles. The molecule has 1 N–H and O–H groups in total. The molecule has 0 spiro atoms. The standard InChI is InChI=1S/C12H12ClNO6.ClH/c13-12-8(7-15)9(14(18)19)4-5-10(12)20-6-2-1-3-11(16)17;/h4-5,7H,1-3,6H2,(H,16,17);1H. The minimum atomic E-state index is -0.887. The summed E-state index contributed by atoms with van der Waals surface area (Å²) in [7, 11) is 0. The van der Waals surface area contributed by atoms with Crippen LogP contribution in [0.15, 0.2) is 12.1 Å². The highest BCUT2D eigenvalue weighted by Crippen LogP contribution is 2.33. The van der Waals surface area contributed by atoms with Crippen molar-refractivity contribution in [2.45, 2.75) is 19.3 Å². The maximum absolute atomic E-state index is 10.8. The van der Waals surface area contributed by atoms with E-state index in [1.54, 1.807) is 0 Å². The smallest absolute Gasteiger partial charge is 0.303 e. The average molecular weight is 338 g/mol. The van der Waals surface area contributed by atoms with Crippen LogP contribution in [0.3, 0.4) is 0 Å². The van der Waals surface area contributed by atoms with Gasteiger partial charge < -0.3 is 9.84 Å². The van der Waals surface area contributed by atoms with Crippen molar-refractivity contribution in [3.05, 3.63) is 32.8 Å². The third-order valence-corrected chi connectivity index (χ3v) is 2.87. The van der Waals surface area contributed by atoms with E-state index < -0.39 is 10.9 Å². The number of nitro benzene ring substituents is 1. The van der Waals surface area contributed by atoms with Gasteiger partial charge in [-0.1, -0.05) is 11.6 Å². The van der Waals surface area contributed by atoms with E-state index in [-0.39, 0.29) is 47.5 Å². The second kappa shape index (κ2) is 9.15. The highest BCUT2D eigenvalue weighted by Gasteiger charge is 2.19. The van der Waals surface area contributed by atoms with E-state index >= 15 is 0 Å². The van der Waals surface area contributed by atoms with Crippen LogP contribution in [0, 0.1) is 10.1 Å². The van der Waals surface area contributed by atoms with E-state index in [1.165, 1.54) is 6.07 Å². The molecule has 0 aliphatic rings. The first kappa shape index (κ1) is 19.1. The van der Waals surface area contributed by atoms with Gasteiger partial charge in [0.25, 0.3) is 5.69 Å². The first-order chi connectivity index (χ1) is 9.47. The molecule has 21 heavy (non-hydrogen) atoms. The van der Waals surface area contributed by atoms with Crippen molar-refractivity contribution in [1.29, 1.82) is 0 Å². The molecule has 0 aromatic heterocycles. The van der Waals surface area contributed by atoms with Crippen molar-refractivity contribution in [2.24, 2.45) is 0 Å². The number of benzene rings is 1. The predicted octanol–water partition coefficient (Wildman–Crippen LogP) is 3.12. The number of unbranched alkanes of at least 4 members (excludes halogenated alkanes) is 1. The number of carbonyl (C=O) groups is 2. The molecule has 9 heteroatoms. The van der Waals surface area contributed by atoms with Crippen molar-refractivity contribution in [3.8, 4) is 5.75 Å². The number of carboxylic acids is 1. The predicted molar refractivity (Wildman–Crippen MR) is 77.7 cm³/mol. The number of halogens is 2. The lowest BCUT2D eigenvalue weighted by Gasteiger charge is -2.09. The zero-order chi connectivity index (χ0) is 15.1. The molecule has 0 saturated carbocycles. The lowest BCUT2D eigenvalue weighted by molar-refractivity contribution is -0.385. The summed E-state index contributed by atoms with van der Waals surface area (Å²) in [4.78, 5) is 31.1. The first-order valence-corrected chi connectivity index (χ1v) is 6.11. The number of ether oxygens (including phenoxy) is 1. The highest BCUT2D eigenvalue weighted by molar-refractivity contribution is 6.34. The Morgan fingerprint density at radius 1 is 1.43 bits per heavy atom. The van der Waals surface area contributed by atoms with Gasteiger partial charge in [0.1, 0.15) is 16.3 Å². The van der Waals surface area contributed by atoms with Gasteiger partial charge in [-0.05, 0) is 18.9 Å². The van der Waals surface area contributed by atoms with E-state index in [4.69, 9.17) is 21.4 Å². The average Bonchev–Trinajstić information content (AvgIpc) is 2.39. The number of aliphatic carboxylic acids is 1. The van der Waals surface area contributed by atoms with Crippen LogP contribution in [-0.2, 0) is 4.79 Å². The summed E-state index contributed by atoms with van der Waals surface area (Å²) in [6, 6.07) is 2.45. The Morgan fingerprint density at radius 2 is 2.10 bits per heavy atom. The van der Waals surface area contributed by atoms with Crippen LogP contribution < -0.4 is 4.74 Å². The highest BCUT2D eigenvalue weighted by atomic mass is 35.5. The summed E-state index contributed by atoms with van der Waals surface area (Å²) in [5.41, 5.74) is -0.622. The van der Waals surface area contributed by atoms with Crippen LogP contribution in [0.25, 0.3) is 0 Å². The number of rotatable bonds is 8. The molecular weight excluding hydrogens is 325 g/mol. The third-order valence-electron chi connectivity index (χ3n) is 2.48. The van der Waals surface area contributed by atoms with Crippen molar-refractivity contribution in [3.63, 3.8) is 0 Å². The molecule has 0 aliphatic carbocycles. The largest absolute Gasteiger partial charge is 0.492 e. The monoisotopic (exact) mass is 337 g/mol. The summed E-state index contributed by atoms with van der Waals surface area (Å²) in [6.07, 6.45) is 1.28. The number of carbonyl (C=O) groups excluding carboxylic acids is 1. The molecular formula is C12H13Cl2NO6. The van der Waals surface area contributed by atoms with E-state index in [1.807, 2.05) is 0 Å². The Balaban J connectivity index is 0.00000400. The number of hydrogen-bond acceptors (Lipinski definition) is 5. The molecule has 7 nitrogen and oxygen atoms in total. The van der Waals surface area contributed by atoms with Gasteiger partial charge in [0, 0.05) is 12.5 Å². The second-order valence-electron chi connectivity index (χ2n) is 3.88. The quantitative estimate of drug-likeness (QED) is 0.338. The fourth-order valence-corrected chi connectivity index (χ4v) is 1.76. The maximum atomic E-state index is 10.8. The molecule has 0 heterocycles. The van der Waals surface area contributed by atoms with Gasteiger partial charge in [0.05, 0.1) is 11.5 Å². The van der Waals surface area contributed by atoms with Crippen LogP contribution in [0.4, 0.5) is 5.69 Å². The zero-order valence-corrected chi connectivity index (χ0v) is 12.4. The van der Waals surface area contributed by atoms with Crippen molar-refractivity contribution >= 4 is 42.0 Å². The van der Waals surface area contributed by atoms with E-state index in [9.17, 15) is 19.7 Å². The van der Waals surface area contributed by atoms with Gasteiger partial charge in [0.15, 0.2) is 6.29 Å². The Labute approximate surface area is 131 Å². The van der Waals surface area contributed by atoms with E-state index in [2.05, 4.69) is 0 Å². The molecule has 116 valence electrons. The van der Waals surface area contributed by atoms with Crippen LogP contribution in [0.2, 0.25) is 5.02 Å². The van der Waals surface area contributed by atoms with Crippen molar-refractivity contribution < 1.29 is 24.4 Å². The molecule has 1 aromatic carbocycles. The lowest BCUT2D eigenvalue weighted by atomic mass is 10.2. The molecule has 0 bridgehead atoms. The molecule has 0 fully saturated rings. The number of nitrogens with zero attached hydrogens (tertiary/aromatic N) is 1. The molecule has 0 radical (unpaired) electrons. The van der Waals surface area contributed by atoms with E-state index in [0.717, 1.165) is 6.07 Å². The topological polar surface area (TPSA) is 107 Å². The minimum absolute atomic E-state index is 0. The van der Waals surface area contributed by atoms with Gasteiger partial charge in [0.2, 0.25) is 0 Å². The number of nitro groups is 1. The summed E-state index contributed by atoms with van der Waals surface area (Å²) >= 11 is 5.87. The minimum Gasteiger partial charge on any atom is -0.492 e. The lowest BCUT2D eigenvalue weighted by Crippen LogP contribution is -2.02. The van der Waals surface area contributed by atoms with Gasteiger partial charge in [-0.25, -0.2) is 0 Å². The Hall–Kier alpha value is -1.86. The molecule has 0 amide bonds. The maximum Gasteiger partial charge on any atom is 0.303 e. The molecule has 1 aromatic rings. The van der Waals surface area contributed by atoms with Gasteiger partial charge >= 0.3 is 5.97 Å². The van der Waals surface area contributed by atoms with Gasteiger partial charge in [-0.2, -0.15) is 0 Å². The molecule has 1 rings (SSSR count). The normalized spacial score (nSPS) is 9.57. The van der Waals surface area contributed by atoms with Crippen LogP contribution in [-0.4, -0.2) is 28.9 Å². The van der Waals surface area contributed by atoms with Crippen LogP contribution in [0.5, 0.6) is 5.75 Å². The Kier molecular flexibility index (Phi) is 8.34. The molecule has 0 unspecified atom stereocenters. The van der Waals surface area contributed by atoms with Crippen molar-refractivity contribution in [1.82, 2.24) is 0 Å². The fraction of sp³-hybridized carbons (Fsp3) is 0.333. The van der Waals surface area contributed by atoms with Crippen LogP contribution >= 0.6 is 24.0 Å². The van der Waals surface area contributed by atoms with Gasteiger partial charge in [-0.15, -0.1) is 12.4 Å². The Morgan fingerprint density at radius 3 is 2.62 bits per heavy atom. The summed E-state index contributed by atoms with van der Waals surface area (Å²) in [6.45, 7) is 0.211. The second-order valence-corrected chi connectivity index (χ2v) is 4.26. The summed E-state index contributed by atoms with van der Waals surface area (Å²) in [5, 5.41) is 19.0. The molecule has 0 saturated heterocycles. The third kappa shape index (κ3) is 5.57. The van der Waals surface area contributed by atoms with Crippen molar-refractivity contribution in [2.75, 3.05) is 6.61 Å².